The summed E-state index contributed by atoms with van der Waals surface area (Å²) in [5.41, 5.74) is 1.42. The third-order valence-electron chi connectivity index (χ3n) is 5.88. The zero-order valence-corrected chi connectivity index (χ0v) is 17.5. The summed E-state index contributed by atoms with van der Waals surface area (Å²) in [6.45, 7) is 1.46. The minimum atomic E-state index is -1.05. The molecule has 154 valence electrons. The molecule has 1 heterocycles. The van der Waals surface area contributed by atoms with Crippen LogP contribution in [0.1, 0.15) is 24.0 Å². The molecule has 3 nitrogen and oxygen atoms in total. The molecule has 1 aliphatic rings. The van der Waals surface area contributed by atoms with Crippen LogP contribution in [0.15, 0.2) is 84.9 Å². The van der Waals surface area contributed by atoms with E-state index in [-0.39, 0.29) is 11.7 Å². The van der Waals surface area contributed by atoms with E-state index in [1.807, 2.05) is 60.7 Å². The van der Waals surface area contributed by atoms with Gasteiger partial charge in [-0.25, -0.2) is 4.39 Å². The van der Waals surface area contributed by atoms with Gasteiger partial charge in [0.25, 0.3) is 0 Å². The van der Waals surface area contributed by atoms with Crippen LogP contribution < -0.4 is 5.32 Å². The molecule has 4 rings (SSSR count). The molecule has 3 aromatic rings. The lowest BCUT2D eigenvalue weighted by molar-refractivity contribution is -0.00631. The Morgan fingerprint density at radius 2 is 1.47 bits per heavy atom. The predicted molar refractivity (Wildman–Crippen MR) is 123 cm³/mol. The maximum Gasteiger partial charge on any atom is 0.173 e. The summed E-state index contributed by atoms with van der Waals surface area (Å²) in [6, 6.07) is 26.1. The van der Waals surface area contributed by atoms with Crippen LogP contribution in [0.5, 0.6) is 0 Å². The lowest BCUT2D eigenvalue weighted by atomic mass is 9.72. The highest BCUT2D eigenvalue weighted by molar-refractivity contribution is 7.80. The molecule has 1 fully saturated rings. The number of anilines is 1. The Balaban J connectivity index is 1.50. The number of aliphatic hydroxyl groups is 1. The molecule has 30 heavy (non-hydrogen) atoms. The van der Waals surface area contributed by atoms with E-state index < -0.39 is 5.60 Å². The lowest BCUT2D eigenvalue weighted by Crippen LogP contribution is -2.47. The lowest BCUT2D eigenvalue weighted by Gasteiger charge is -2.43. The van der Waals surface area contributed by atoms with Crippen molar-refractivity contribution in [2.45, 2.75) is 18.4 Å². The Labute approximate surface area is 182 Å². The first-order chi connectivity index (χ1) is 14.6. The Kier molecular flexibility index (Phi) is 6.11. The molecule has 3 aromatic carbocycles. The molecule has 0 saturated carbocycles. The van der Waals surface area contributed by atoms with E-state index in [9.17, 15) is 9.50 Å². The van der Waals surface area contributed by atoms with Crippen molar-refractivity contribution in [3.63, 3.8) is 0 Å². The Morgan fingerprint density at radius 3 is 2.00 bits per heavy atom. The number of benzene rings is 3. The van der Waals surface area contributed by atoms with Crippen LogP contribution >= 0.6 is 12.2 Å². The first-order valence-electron chi connectivity index (χ1n) is 10.2. The van der Waals surface area contributed by atoms with Gasteiger partial charge in [-0.2, -0.15) is 0 Å². The molecule has 1 aliphatic heterocycles. The summed E-state index contributed by atoms with van der Waals surface area (Å²) in [5.74, 6) is -0.229. The zero-order chi connectivity index (χ0) is 21.0. The number of rotatable bonds is 4. The van der Waals surface area contributed by atoms with Gasteiger partial charge in [0.1, 0.15) is 11.4 Å². The summed E-state index contributed by atoms with van der Waals surface area (Å²) in [5, 5.41) is 15.7. The third kappa shape index (κ3) is 4.23. The van der Waals surface area contributed by atoms with Gasteiger partial charge in [0, 0.05) is 18.8 Å². The van der Waals surface area contributed by atoms with E-state index >= 15 is 0 Å². The van der Waals surface area contributed by atoms with Crippen LogP contribution in [0.25, 0.3) is 0 Å². The molecule has 5 heteroatoms. The molecular weight excluding hydrogens is 395 g/mol. The van der Waals surface area contributed by atoms with Gasteiger partial charge in [-0.15, -0.1) is 0 Å². The molecule has 0 amide bonds. The topological polar surface area (TPSA) is 35.5 Å². The van der Waals surface area contributed by atoms with Gasteiger partial charge in [-0.05, 0) is 60.3 Å². The number of hydrogen-bond acceptors (Lipinski definition) is 2. The molecule has 0 unspecified atom stereocenters. The highest BCUT2D eigenvalue weighted by atomic mass is 32.1. The number of piperidine rings is 1. The van der Waals surface area contributed by atoms with Gasteiger partial charge in [-0.1, -0.05) is 66.7 Å². The second-order valence-corrected chi connectivity index (χ2v) is 8.09. The second kappa shape index (κ2) is 8.94. The fourth-order valence-electron chi connectivity index (χ4n) is 4.29. The number of hydrogen-bond donors (Lipinski definition) is 2. The van der Waals surface area contributed by atoms with Crippen LogP contribution in [-0.2, 0) is 5.60 Å². The summed E-state index contributed by atoms with van der Waals surface area (Å²) in [7, 11) is 0. The monoisotopic (exact) mass is 420 g/mol. The van der Waals surface area contributed by atoms with E-state index in [1.54, 1.807) is 12.1 Å². The zero-order valence-electron chi connectivity index (χ0n) is 16.7. The summed E-state index contributed by atoms with van der Waals surface area (Å²) < 4.78 is 13.4. The van der Waals surface area contributed by atoms with Crippen molar-refractivity contribution in [2.24, 2.45) is 5.92 Å². The summed E-state index contributed by atoms with van der Waals surface area (Å²) in [6.07, 6.45) is 1.59. The summed E-state index contributed by atoms with van der Waals surface area (Å²) in [4.78, 5) is 2.09. The van der Waals surface area contributed by atoms with Gasteiger partial charge in [0.05, 0.1) is 0 Å². The van der Waals surface area contributed by atoms with Gasteiger partial charge in [0.2, 0.25) is 0 Å². The number of halogens is 1. The maximum atomic E-state index is 13.4. The SMILES string of the molecule is OC(c1ccccc1)(c1ccccc1)C1CCN(C(=S)Nc2cccc(F)c2)CC1. The predicted octanol–water partition coefficient (Wildman–Crippen LogP) is 5.17. The van der Waals surface area contributed by atoms with Crippen LogP contribution in [0, 0.1) is 11.7 Å². The van der Waals surface area contributed by atoms with Gasteiger partial charge >= 0.3 is 0 Å². The molecule has 0 atom stereocenters. The number of nitrogens with zero attached hydrogens (tertiary/aromatic N) is 1. The summed E-state index contributed by atoms with van der Waals surface area (Å²) >= 11 is 5.55. The van der Waals surface area contributed by atoms with E-state index in [4.69, 9.17) is 12.2 Å². The van der Waals surface area contributed by atoms with Crippen molar-refractivity contribution in [2.75, 3.05) is 18.4 Å². The van der Waals surface area contributed by atoms with Crippen LogP contribution in [0.3, 0.4) is 0 Å². The van der Waals surface area contributed by atoms with E-state index in [2.05, 4.69) is 10.2 Å². The fourth-order valence-corrected chi connectivity index (χ4v) is 4.59. The van der Waals surface area contributed by atoms with Crippen LogP contribution in [-0.4, -0.2) is 28.2 Å². The third-order valence-corrected chi connectivity index (χ3v) is 6.24. The van der Waals surface area contributed by atoms with Crippen LogP contribution in [0.2, 0.25) is 0 Å². The van der Waals surface area contributed by atoms with Crippen molar-refractivity contribution in [1.82, 2.24) is 4.90 Å². The average Bonchev–Trinajstić information content (AvgIpc) is 2.80. The molecule has 2 N–H and O–H groups in total. The van der Waals surface area contributed by atoms with Gasteiger partial charge < -0.3 is 15.3 Å². The largest absolute Gasteiger partial charge is 0.380 e. The minimum Gasteiger partial charge on any atom is -0.380 e. The smallest absolute Gasteiger partial charge is 0.173 e. The molecule has 0 radical (unpaired) electrons. The number of thiocarbonyl (C=S) groups is 1. The minimum absolute atomic E-state index is 0.0653. The Morgan fingerprint density at radius 1 is 0.900 bits per heavy atom. The molecule has 0 aromatic heterocycles. The highest BCUT2D eigenvalue weighted by Gasteiger charge is 2.41. The van der Waals surface area contributed by atoms with Crippen LogP contribution in [0.4, 0.5) is 10.1 Å². The molecule has 1 saturated heterocycles. The standard InChI is InChI=1S/C25H25FN2OS/c26-22-12-7-13-23(18-22)27-24(30)28-16-14-21(15-17-28)25(29,19-8-3-1-4-9-19)20-10-5-2-6-11-20/h1-13,18,21,29H,14-17H2,(H,27,30). The van der Waals surface area contributed by atoms with Crippen molar-refractivity contribution < 1.29 is 9.50 Å². The molecule has 0 aliphatic carbocycles. The normalized spacial score (nSPS) is 15.1. The Bertz CT molecular complexity index is 949. The quantitative estimate of drug-likeness (QED) is 0.571. The number of nitrogens with one attached hydrogen (secondary N) is 1. The number of likely N-dealkylation sites (tertiary alicyclic amines) is 1. The molecular formula is C25H25FN2OS. The van der Waals surface area contributed by atoms with Gasteiger partial charge in [0.15, 0.2) is 5.11 Å². The molecule has 0 bridgehead atoms. The maximum absolute atomic E-state index is 13.4. The van der Waals surface area contributed by atoms with Crippen molar-refractivity contribution in [3.05, 3.63) is 102 Å². The second-order valence-electron chi connectivity index (χ2n) is 7.70. The van der Waals surface area contributed by atoms with Crippen molar-refractivity contribution in [3.8, 4) is 0 Å². The van der Waals surface area contributed by atoms with E-state index in [1.165, 1.54) is 12.1 Å². The fraction of sp³-hybridized carbons (Fsp3) is 0.240. The highest BCUT2D eigenvalue weighted by Crippen LogP contribution is 2.41. The van der Waals surface area contributed by atoms with Crippen molar-refractivity contribution in [1.29, 1.82) is 0 Å². The van der Waals surface area contributed by atoms with Crippen molar-refractivity contribution >= 4 is 23.0 Å². The first-order valence-corrected chi connectivity index (χ1v) is 10.6. The Hall–Kier alpha value is -2.76. The van der Waals surface area contributed by atoms with E-state index in [0.29, 0.717) is 10.8 Å². The first kappa shape index (κ1) is 20.5. The molecule has 0 spiro atoms. The van der Waals surface area contributed by atoms with Gasteiger partial charge in [-0.3, -0.25) is 0 Å². The van der Waals surface area contributed by atoms with E-state index in [0.717, 1.165) is 37.1 Å². The average molecular weight is 421 g/mol.